The molecule has 88 valence electrons. The van der Waals surface area contributed by atoms with Gasteiger partial charge in [-0.3, -0.25) is 4.79 Å². The molecule has 1 aromatic carbocycles. The van der Waals surface area contributed by atoms with E-state index < -0.39 is 12.0 Å². The van der Waals surface area contributed by atoms with Gasteiger partial charge in [0.1, 0.15) is 18.1 Å². The highest BCUT2D eigenvalue weighted by Crippen LogP contribution is 2.33. The average Bonchev–Trinajstić information content (AvgIpc) is 2.37. The topological polar surface area (TPSA) is 46.6 Å². The smallest absolute Gasteiger partial charge is 0.237 e. The van der Waals surface area contributed by atoms with Crippen LogP contribution in [0.5, 0.6) is 5.75 Å². The van der Waals surface area contributed by atoms with Gasteiger partial charge in [-0.1, -0.05) is 6.08 Å². The number of rotatable bonds is 4. The van der Waals surface area contributed by atoms with Gasteiger partial charge in [0.2, 0.25) is 5.91 Å². The van der Waals surface area contributed by atoms with Gasteiger partial charge in [-0.15, -0.1) is 6.58 Å². The normalized spacial score (nSPS) is 22.9. The van der Waals surface area contributed by atoms with Crippen molar-refractivity contribution in [2.45, 2.75) is 6.04 Å². The van der Waals surface area contributed by atoms with Crippen molar-refractivity contribution in [3.63, 3.8) is 0 Å². The minimum absolute atomic E-state index is 0.0951. The lowest BCUT2D eigenvalue weighted by atomic mass is 9.88. The number of ether oxygens (including phenoxy) is 1. The molecule has 1 aliphatic rings. The van der Waals surface area contributed by atoms with Crippen molar-refractivity contribution in [3.8, 4) is 5.75 Å². The summed E-state index contributed by atoms with van der Waals surface area (Å²) in [4.78, 5) is 24.2. The summed E-state index contributed by atoms with van der Waals surface area (Å²) in [6.45, 7) is 3.56. The largest absolute Gasteiger partial charge is 0.497 e. The number of methoxy groups -OCH3 is 1. The first-order valence-corrected chi connectivity index (χ1v) is 5.28. The zero-order chi connectivity index (χ0) is 12.4. The summed E-state index contributed by atoms with van der Waals surface area (Å²) in [5.74, 6) is 0.224. The molecule has 1 fully saturated rings. The quantitative estimate of drug-likeness (QED) is 0.447. The fraction of sp³-hybridized carbons (Fsp3) is 0.231. The van der Waals surface area contributed by atoms with Crippen molar-refractivity contribution in [2.75, 3.05) is 12.0 Å². The van der Waals surface area contributed by atoms with Gasteiger partial charge in [0.25, 0.3) is 0 Å². The Hall–Kier alpha value is -2.10. The van der Waals surface area contributed by atoms with Crippen LogP contribution in [0.3, 0.4) is 0 Å². The maximum atomic E-state index is 11.8. The molecule has 0 aromatic heterocycles. The van der Waals surface area contributed by atoms with Crippen LogP contribution in [0.15, 0.2) is 36.9 Å². The molecule has 0 unspecified atom stereocenters. The monoisotopic (exact) mass is 231 g/mol. The zero-order valence-electron chi connectivity index (χ0n) is 9.50. The molecule has 0 radical (unpaired) electrons. The van der Waals surface area contributed by atoms with Crippen LogP contribution in [-0.4, -0.2) is 25.3 Å². The third-order valence-electron chi connectivity index (χ3n) is 2.93. The predicted octanol–water partition coefficient (Wildman–Crippen LogP) is 1.41. The maximum Gasteiger partial charge on any atom is 0.237 e. The molecule has 0 spiro atoms. The molecule has 0 N–H and O–H groups in total. The van der Waals surface area contributed by atoms with E-state index in [2.05, 4.69) is 6.58 Å². The van der Waals surface area contributed by atoms with E-state index in [9.17, 15) is 9.59 Å². The molecule has 17 heavy (non-hydrogen) atoms. The number of benzene rings is 1. The summed E-state index contributed by atoms with van der Waals surface area (Å²) in [5, 5.41) is 0. The van der Waals surface area contributed by atoms with Crippen LogP contribution in [0.25, 0.3) is 0 Å². The Kier molecular flexibility index (Phi) is 2.95. The third kappa shape index (κ3) is 1.71. The first kappa shape index (κ1) is 11.4. The second kappa shape index (κ2) is 4.41. The van der Waals surface area contributed by atoms with Gasteiger partial charge < -0.3 is 14.4 Å². The van der Waals surface area contributed by atoms with Crippen LogP contribution >= 0.6 is 0 Å². The molecule has 4 heteroatoms. The molecular weight excluding hydrogens is 218 g/mol. The van der Waals surface area contributed by atoms with Crippen LogP contribution in [0, 0.1) is 5.92 Å². The first-order valence-electron chi connectivity index (χ1n) is 5.28. The number of nitrogens with zero attached hydrogens (tertiary/aromatic N) is 1. The standard InChI is InChI=1S/C13H13NO3/c1-3-11-12(8-15)14(13(11)16)9-4-6-10(17-2)7-5-9/h3-8,11-12H,1H2,2H3/t11-,12+/m0/s1. The summed E-state index contributed by atoms with van der Waals surface area (Å²) in [6, 6.07) is 6.59. The molecule has 1 saturated heterocycles. The number of β-lactam (4-membered cyclic amide) rings is 1. The van der Waals surface area contributed by atoms with E-state index in [1.165, 1.54) is 11.0 Å². The lowest BCUT2D eigenvalue weighted by Crippen LogP contribution is -2.61. The van der Waals surface area contributed by atoms with Crippen LogP contribution < -0.4 is 9.64 Å². The van der Waals surface area contributed by atoms with Crippen molar-refractivity contribution in [2.24, 2.45) is 5.92 Å². The second-order valence-corrected chi connectivity index (χ2v) is 3.79. The average molecular weight is 231 g/mol. The molecule has 0 saturated carbocycles. The van der Waals surface area contributed by atoms with Gasteiger partial charge in [-0.05, 0) is 24.3 Å². The number of amides is 1. The molecule has 1 heterocycles. The molecule has 4 nitrogen and oxygen atoms in total. The number of anilines is 1. The van der Waals surface area contributed by atoms with Gasteiger partial charge in [-0.25, -0.2) is 0 Å². The summed E-state index contributed by atoms with van der Waals surface area (Å²) in [5.41, 5.74) is 0.700. The van der Waals surface area contributed by atoms with Crippen molar-refractivity contribution < 1.29 is 14.3 Å². The number of hydrogen-bond donors (Lipinski definition) is 0. The highest BCUT2D eigenvalue weighted by atomic mass is 16.5. The van der Waals surface area contributed by atoms with Crippen LogP contribution in [0.2, 0.25) is 0 Å². The predicted molar refractivity (Wildman–Crippen MR) is 64.0 cm³/mol. The molecule has 0 bridgehead atoms. The molecule has 1 amide bonds. The maximum absolute atomic E-state index is 11.8. The van der Waals surface area contributed by atoms with Crippen LogP contribution in [0.1, 0.15) is 0 Å². The third-order valence-corrected chi connectivity index (χ3v) is 2.93. The minimum atomic E-state index is -0.437. The van der Waals surface area contributed by atoms with E-state index in [0.717, 1.165) is 6.29 Å². The minimum Gasteiger partial charge on any atom is -0.497 e. The van der Waals surface area contributed by atoms with Crippen molar-refractivity contribution in [3.05, 3.63) is 36.9 Å². The fourth-order valence-electron chi connectivity index (χ4n) is 1.96. The summed E-state index contributed by atoms with van der Waals surface area (Å²) in [6.07, 6.45) is 2.29. The Morgan fingerprint density at radius 2 is 2.00 bits per heavy atom. The zero-order valence-corrected chi connectivity index (χ0v) is 9.50. The van der Waals surface area contributed by atoms with E-state index in [1.54, 1.807) is 31.4 Å². The van der Waals surface area contributed by atoms with Crippen molar-refractivity contribution in [1.82, 2.24) is 0 Å². The van der Waals surface area contributed by atoms with Gasteiger partial charge >= 0.3 is 0 Å². The molecule has 0 aliphatic carbocycles. The Bertz CT molecular complexity index is 452. The Morgan fingerprint density at radius 1 is 1.35 bits per heavy atom. The lowest BCUT2D eigenvalue weighted by molar-refractivity contribution is -0.131. The van der Waals surface area contributed by atoms with E-state index in [1.807, 2.05) is 0 Å². The number of carbonyl (C=O) groups is 2. The number of hydrogen-bond acceptors (Lipinski definition) is 3. The van der Waals surface area contributed by atoms with E-state index in [0.29, 0.717) is 11.4 Å². The number of aldehydes is 1. The Labute approximate surface area is 99.5 Å². The Balaban J connectivity index is 2.24. The Morgan fingerprint density at radius 3 is 2.47 bits per heavy atom. The van der Waals surface area contributed by atoms with E-state index >= 15 is 0 Å². The number of carbonyl (C=O) groups excluding carboxylic acids is 2. The highest BCUT2D eigenvalue weighted by molar-refractivity contribution is 6.09. The van der Waals surface area contributed by atoms with E-state index in [-0.39, 0.29) is 5.91 Å². The molecular formula is C13H13NO3. The van der Waals surface area contributed by atoms with Crippen LogP contribution in [0.4, 0.5) is 5.69 Å². The molecule has 2 atom stereocenters. The van der Waals surface area contributed by atoms with Gasteiger partial charge in [0.15, 0.2) is 0 Å². The van der Waals surface area contributed by atoms with Gasteiger partial charge in [0, 0.05) is 5.69 Å². The highest BCUT2D eigenvalue weighted by Gasteiger charge is 2.46. The molecule has 1 aromatic rings. The molecule has 1 aliphatic heterocycles. The first-order chi connectivity index (χ1) is 8.22. The summed E-state index contributed by atoms with van der Waals surface area (Å²) in [7, 11) is 1.58. The van der Waals surface area contributed by atoms with Crippen molar-refractivity contribution in [1.29, 1.82) is 0 Å². The van der Waals surface area contributed by atoms with Gasteiger partial charge in [0.05, 0.1) is 13.0 Å². The van der Waals surface area contributed by atoms with Gasteiger partial charge in [-0.2, -0.15) is 0 Å². The molecule has 2 rings (SSSR count). The second-order valence-electron chi connectivity index (χ2n) is 3.79. The van der Waals surface area contributed by atoms with Crippen molar-refractivity contribution >= 4 is 17.9 Å². The lowest BCUT2D eigenvalue weighted by Gasteiger charge is -2.42. The SMILES string of the molecule is C=C[C@@H]1C(=O)N(c2ccc(OC)cc2)[C@@H]1C=O. The summed E-state index contributed by atoms with van der Waals surface area (Å²) >= 11 is 0. The fourth-order valence-corrected chi connectivity index (χ4v) is 1.96. The summed E-state index contributed by atoms with van der Waals surface area (Å²) < 4.78 is 5.03. The van der Waals surface area contributed by atoms with E-state index in [4.69, 9.17) is 4.74 Å². The van der Waals surface area contributed by atoms with Crippen LogP contribution in [-0.2, 0) is 9.59 Å².